The summed E-state index contributed by atoms with van der Waals surface area (Å²) in [5.74, 6) is 1.71. The third-order valence-electron chi connectivity index (χ3n) is 4.05. The Bertz CT molecular complexity index is 990. The van der Waals surface area contributed by atoms with E-state index in [9.17, 15) is 4.79 Å². The molecule has 3 rings (SSSR count). The van der Waals surface area contributed by atoms with Crippen LogP contribution in [0.25, 0.3) is 5.82 Å². The second-order valence-corrected chi connectivity index (χ2v) is 5.97. The fourth-order valence-electron chi connectivity index (χ4n) is 2.79. The number of nitrogens with one attached hydrogen (secondary N) is 1. The number of hydrogen-bond acceptors (Lipinski definition) is 7. The van der Waals surface area contributed by atoms with E-state index in [0.29, 0.717) is 34.4 Å². The average molecular weight is 383 g/mol. The summed E-state index contributed by atoms with van der Waals surface area (Å²) in [6, 6.07) is 6.73. The number of aromatic nitrogens is 4. The van der Waals surface area contributed by atoms with Gasteiger partial charge in [-0.05, 0) is 32.0 Å². The van der Waals surface area contributed by atoms with Gasteiger partial charge in [-0.2, -0.15) is 5.10 Å². The van der Waals surface area contributed by atoms with Crippen LogP contribution in [0.4, 0.5) is 5.82 Å². The number of carbonyl (C=O) groups is 1. The first kappa shape index (κ1) is 19.2. The van der Waals surface area contributed by atoms with Crippen LogP contribution < -0.4 is 19.5 Å². The van der Waals surface area contributed by atoms with Gasteiger partial charge < -0.3 is 19.5 Å². The van der Waals surface area contributed by atoms with Crippen LogP contribution >= 0.6 is 0 Å². The number of methoxy groups -OCH3 is 3. The molecule has 0 saturated carbocycles. The number of benzene rings is 1. The third kappa shape index (κ3) is 3.73. The Morgan fingerprint density at radius 1 is 0.964 bits per heavy atom. The van der Waals surface area contributed by atoms with Gasteiger partial charge in [-0.15, -0.1) is 0 Å². The highest BCUT2D eigenvalue weighted by Gasteiger charge is 2.18. The van der Waals surface area contributed by atoms with Gasteiger partial charge in [-0.1, -0.05) is 0 Å². The standard InChI is InChI=1S/C19H21N5O4/c1-11-6-12(2)24(23-11)17-9-16(20-10-21-17)22-19(25)13-7-14(26-3)18(28-5)15(8-13)27-4/h6-10H,1-5H3,(H,20,21,22,25). The molecule has 9 heteroatoms. The minimum absolute atomic E-state index is 0.334. The number of ether oxygens (including phenoxy) is 3. The normalized spacial score (nSPS) is 10.5. The van der Waals surface area contributed by atoms with Crippen LogP contribution in [0.5, 0.6) is 17.2 Å². The van der Waals surface area contributed by atoms with Crippen LogP contribution in [0, 0.1) is 13.8 Å². The fourth-order valence-corrected chi connectivity index (χ4v) is 2.79. The summed E-state index contributed by atoms with van der Waals surface area (Å²) >= 11 is 0. The van der Waals surface area contributed by atoms with Crippen molar-refractivity contribution in [2.45, 2.75) is 13.8 Å². The first-order valence-corrected chi connectivity index (χ1v) is 8.44. The lowest BCUT2D eigenvalue weighted by Crippen LogP contribution is -2.14. The van der Waals surface area contributed by atoms with E-state index in [-0.39, 0.29) is 5.91 Å². The van der Waals surface area contributed by atoms with Gasteiger partial charge >= 0.3 is 0 Å². The summed E-state index contributed by atoms with van der Waals surface area (Å²) in [7, 11) is 4.48. The first-order chi connectivity index (χ1) is 13.5. The Balaban J connectivity index is 1.89. The Morgan fingerprint density at radius 2 is 1.64 bits per heavy atom. The van der Waals surface area contributed by atoms with Crippen molar-refractivity contribution in [2.75, 3.05) is 26.6 Å². The van der Waals surface area contributed by atoms with E-state index in [1.165, 1.54) is 27.7 Å². The molecule has 146 valence electrons. The minimum Gasteiger partial charge on any atom is -0.493 e. The predicted octanol–water partition coefficient (Wildman–Crippen LogP) is 2.56. The van der Waals surface area contributed by atoms with Crippen molar-refractivity contribution >= 4 is 11.7 Å². The van der Waals surface area contributed by atoms with E-state index in [4.69, 9.17) is 14.2 Å². The van der Waals surface area contributed by atoms with Gasteiger partial charge in [0.25, 0.3) is 5.91 Å². The number of amides is 1. The molecule has 9 nitrogen and oxygen atoms in total. The van der Waals surface area contributed by atoms with Crippen LogP contribution in [0.2, 0.25) is 0 Å². The van der Waals surface area contributed by atoms with Crippen molar-refractivity contribution in [1.29, 1.82) is 0 Å². The van der Waals surface area contributed by atoms with E-state index in [0.717, 1.165) is 11.4 Å². The van der Waals surface area contributed by atoms with E-state index >= 15 is 0 Å². The average Bonchev–Trinajstić information content (AvgIpc) is 3.04. The maximum Gasteiger partial charge on any atom is 0.257 e. The molecule has 0 unspecified atom stereocenters. The molecule has 0 fully saturated rings. The molecule has 3 aromatic rings. The summed E-state index contributed by atoms with van der Waals surface area (Å²) in [4.78, 5) is 21.1. The maximum absolute atomic E-state index is 12.7. The Morgan fingerprint density at radius 3 is 2.18 bits per heavy atom. The van der Waals surface area contributed by atoms with Crippen molar-refractivity contribution in [3.63, 3.8) is 0 Å². The molecule has 0 bridgehead atoms. The lowest BCUT2D eigenvalue weighted by Gasteiger charge is -2.14. The summed E-state index contributed by atoms with van der Waals surface area (Å²) in [6.07, 6.45) is 1.37. The van der Waals surface area contributed by atoms with Gasteiger partial charge in [-0.25, -0.2) is 14.6 Å². The van der Waals surface area contributed by atoms with E-state index in [1.807, 2.05) is 19.9 Å². The second kappa shape index (κ2) is 7.95. The van der Waals surface area contributed by atoms with E-state index in [1.54, 1.807) is 22.9 Å². The van der Waals surface area contributed by atoms with Gasteiger partial charge in [0.05, 0.1) is 27.0 Å². The molecule has 2 aromatic heterocycles. The molecule has 0 saturated heterocycles. The van der Waals surface area contributed by atoms with Crippen molar-refractivity contribution in [3.05, 3.63) is 47.5 Å². The van der Waals surface area contributed by atoms with E-state index < -0.39 is 0 Å². The van der Waals surface area contributed by atoms with Crippen molar-refractivity contribution in [1.82, 2.24) is 19.7 Å². The summed E-state index contributed by atoms with van der Waals surface area (Å²) < 4.78 is 17.5. The highest BCUT2D eigenvalue weighted by molar-refractivity contribution is 6.04. The van der Waals surface area contributed by atoms with Gasteiger partial charge in [0.15, 0.2) is 17.3 Å². The van der Waals surface area contributed by atoms with Gasteiger partial charge in [0.1, 0.15) is 12.1 Å². The molecule has 2 heterocycles. The number of aryl methyl sites for hydroxylation is 2. The summed E-state index contributed by atoms with van der Waals surface area (Å²) in [6.45, 7) is 3.83. The molecule has 0 aliphatic heterocycles. The van der Waals surface area contributed by atoms with Crippen LogP contribution in [0.3, 0.4) is 0 Å². The van der Waals surface area contributed by atoms with Crippen molar-refractivity contribution in [2.24, 2.45) is 0 Å². The fraction of sp³-hybridized carbons (Fsp3) is 0.263. The maximum atomic E-state index is 12.7. The molecule has 28 heavy (non-hydrogen) atoms. The van der Waals surface area contributed by atoms with Crippen LogP contribution in [0.1, 0.15) is 21.7 Å². The van der Waals surface area contributed by atoms with Gasteiger partial charge in [0.2, 0.25) is 5.75 Å². The number of rotatable bonds is 6. The quantitative estimate of drug-likeness (QED) is 0.698. The smallest absolute Gasteiger partial charge is 0.257 e. The first-order valence-electron chi connectivity index (χ1n) is 8.44. The van der Waals surface area contributed by atoms with Gasteiger partial charge in [-0.3, -0.25) is 4.79 Å². The Labute approximate surface area is 162 Å². The molecule has 0 radical (unpaired) electrons. The zero-order valence-electron chi connectivity index (χ0n) is 16.3. The summed E-state index contributed by atoms with van der Waals surface area (Å²) in [5.41, 5.74) is 2.14. The zero-order chi connectivity index (χ0) is 20.3. The van der Waals surface area contributed by atoms with Crippen molar-refractivity contribution < 1.29 is 19.0 Å². The monoisotopic (exact) mass is 383 g/mol. The lowest BCUT2D eigenvalue weighted by atomic mass is 10.1. The molecule has 1 amide bonds. The molecule has 0 atom stereocenters. The molecule has 0 spiro atoms. The lowest BCUT2D eigenvalue weighted by molar-refractivity contribution is 0.102. The molecule has 1 N–H and O–H groups in total. The number of carbonyl (C=O) groups excluding carboxylic acids is 1. The van der Waals surface area contributed by atoms with Crippen LogP contribution in [0.15, 0.2) is 30.6 Å². The Kier molecular flexibility index (Phi) is 5.44. The van der Waals surface area contributed by atoms with Crippen molar-refractivity contribution in [3.8, 4) is 23.1 Å². The Hall–Kier alpha value is -3.62. The summed E-state index contributed by atoms with van der Waals surface area (Å²) in [5, 5.41) is 7.14. The zero-order valence-corrected chi connectivity index (χ0v) is 16.3. The number of nitrogens with zero attached hydrogens (tertiary/aromatic N) is 4. The second-order valence-electron chi connectivity index (χ2n) is 5.97. The van der Waals surface area contributed by atoms with Gasteiger partial charge in [0, 0.05) is 17.3 Å². The predicted molar refractivity (Wildman–Crippen MR) is 103 cm³/mol. The topological polar surface area (TPSA) is 100 Å². The highest BCUT2D eigenvalue weighted by atomic mass is 16.5. The number of anilines is 1. The molecule has 0 aliphatic rings. The third-order valence-corrected chi connectivity index (χ3v) is 4.05. The van der Waals surface area contributed by atoms with Crippen LogP contribution in [-0.2, 0) is 0 Å². The van der Waals surface area contributed by atoms with Crippen LogP contribution in [-0.4, -0.2) is 47.0 Å². The molecular formula is C19H21N5O4. The molecular weight excluding hydrogens is 362 g/mol. The molecule has 1 aromatic carbocycles. The SMILES string of the molecule is COc1cc(C(=O)Nc2cc(-n3nc(C)cc3C)ncn2)cc(OC)c1OC. The highest BCUT2D eigenvalue weighted by Crippen LogP contribution is 2.38. The van der Waals surface area contributed by atoms with E-state index in [2.05, 4.69) is 20.4 Å². The minimum atomic E-state index is -0.378. The number of hydrogen-bond donors (Lipinski definition) is 1. The largest absolute Gasteiger partial charge is 0.493 e. The molecule has 0 aliphatic carbocycles.